The van der Waals surface area contributed by atoms with Gasteiger partial charge in [-0.05, 0) is 86.6 Å². The molecule has 25 heavy (non-hydrogen) atoms. The van der Waals surface area contributed by atoms with Crippen LogP contribution in [0.15, 0.2) is 66.7 Å². The molecule has 1 heteroatoms. The Morgan fingerprint density at radius 3 is 2.20 bits per heavy atom. The molecule has 0 bridgehead atoms. The molecule has 0 unspecified atom stereocenters. The van der Waals surface area contributed by atoms with E-state index < -0.39 is 0 Å². The van der Waals surface area contributed by atoms with E-state index in [1.54, 1.807) is 0 Å². The van der Waals surface area contributed by atoms with Gasteiger partial charge in [0.05, 0.1) is 0 Å². The topological polar surface area (TPSA) is 3.24 Å². The molecule has 0 aliphatic heterocycles. The summed E-state index contributed by atoms with van der Waals surface area (Å²) in [6.45, 7) is 4.36. The zero-order valence-corrected chi connectivity index (χ0v) is 15.1. The molecule has 0 fully saturated rings. The van der Waals surface area contributed by atoms with E-state index in [2.05, 4.69) is 85.5 Å². The SMILES string of the molecule is Cc1ccc(N(c2ccccc2)c2ccc3c(c2)CCCC3)c(C)c1. The van der Waals surface area contributed by atoms with E-state index in [1.807, 2.05) is 0 Å². The van der Waals surface area contributed by atoms with Crippen molar-refractivity contribution in [3.63, 3.8) is 0 Å². The molecular weight excluding hydrogens is 302 g/mol. The first-order chi connectivity index (χ1) is 12.2. The van der Waals surface area contributed by atoms with Crippen LogP contribution in [0, 0.1) is 13.8 Å². The van der Waals surface area contributed by atoms with Crippen molar-refractivity contribution in [3.05, 3.63) is 89.0 Å². The number of hydrogen-bond donors (Lipinski definition) is 0. The van der Waals surface area contributed by atoms with Crippen LogP contribution < -0.4 is 4.90 Å². The molecule has 3 aromatic rings. The molecule has 0 spiro atoms. The van der Waals surface area contributed by atoms with Crippen LogP contribution >= 0.6 is 0 Å². The number of hydrogen-bond acceptors (Lipinski definition) is 1. The van der Waals surface area contributed by atoms with Gasteiger partial charge in [0.1, 0.15) is 0 Å². The lowest BCUT2D eigenvalue weighted by atomic mass is 9.91. The van der Waals surface area contributed by atoms with Crippen molar-refractivity contribution in [2.75, 3.05) is 4.90 Å². The first kappa shape index (κ1) is 16.0. The Kier molecular flexibility index (Phi) is 4.31. The summed E-state index contributed by atoms with van der Waals surface area (Å²) in [5.74, 6) is 0. The number of para-hydroxylation sites is 1. The number of anilines is 3. The molecule has 0 heterocycles. The number of aryl methyl sites for hydroxylation is 4. The minimum Gasteiger partial charge on any atom is -0.310 e. The number of fused-ring (bicyclic) bond motifs is 1. The molecule has 0 N–H and O–H groups in total. The maximum absolute atomic E-state index is 2.40. The predicted molar refractivity (Wildman–Crippen MR) is 107 cm³/mol. The molecule has 1 aliphatic carbocycles. The third-order valence-corrected chi connectivity index (χ3v) is 5.20. The first-order valence-electron chi connectivity index (χ1n) is 9.26. The van der Waals surface area contributed by atoms with Crippen molar-refractivity contribution in [3.8, 4) is 0 Å². The van der Waals surface area contributed by atoms with Crippen LogP contribution in [-0.2, 0) is 12.8 Å². The quantitative estimate of drug-likeness (QED) is 0.520. The van der Waals surface area contributed by atoms with Crippen LogP contribution in [0.5, 0.6) is 0 Å². The van der Waals surface area contributed by atoms with E-state index in [9.17, 15) is 0 Å². The van der Waals surface area contributed by atoms with E-state index in [-0.39, 0.29) is 0 Å². The zero-order chi connectivity index (χ0) is 17.2. The van der Waals surface area contributed by atoms with Gasteiger partial charge in [0.25, 0.3) is 0 Å². The lowest BCUT2D eigenvalue weighted by Crippen LogP contribution is -2.13. The first-order valence-corrected chi connectivity index (χ1v) is 9.26. The predicted octanol–water partition coefficient (Wildman–Crippen LogP) is 6.65. The molecule has 1 nitrogen and oxygen atoms in total. The Balaban J connectivity index is 1.86. The summed E-state index contributed by atoms with van der Waals surface area (Å²) < 4.78 is 0. The van der Waals surface area contributed by atoms with E-state index in [1.165, 1.54) is 65.0 Å². The monoisotopic (exact) mass is 327 g/mol. The normalized spacial score (nSPS) is 13.4. The Morgan fingerprint density at radius 2 is 1.44 bits per heavy atom. The summed E-state index contributed by atoms with van der Waals surface area (Å²) in [7, 11) is 0. The Labute approximate surface area is 150 Å². The average molecular weight is 327 g/mol. The number of rotatable bonds is 3. The second kappa shape index (κ2) is 6.76. The van der Waals surface area contributed by atoms with Crippen molar-refractivity contribution in [2.24, 2.45) is 0 Å². The maximum atomic E-state index is 2.40. The van der Waals surface area contributed by atoms with E-state index >= 15 is 0 Å². The van der Waals surface area contributed by atoms with Gasteiger partial charge in [-0.25, -0.2) is 0 Å². The highest BCUT2D eigenvalue weighted by atomic mass is 15.1. The molecule has 0 radical (unpaired) electrons. The molecule has 0 atom stereocenters. The second-order valence-electron chi connectivity index (χ2n) is 7.12. The number of benzene rings is 3. The van der Waals surface area contributed by atoms with E-state index in [4.69, 9.17) is 0 Å². The van der Waals surface area contributed by atoms with Crippen LogP contribution in [0.4, 0.5) is 17.1 Å². The lowest BCUT2D eigenvalue weighted by Gasteiger charge is -2.28. The Bertz CT molecular complexity index is 880. The fraction of sp³-hybridized carbons (Fsp3) is 0.250. The van der Waals surface area contributed by atoms with Gasteiger partial charge >= 0.3 is 0 Å². The number of nitrogens with zero attached hydrogens (tertiary/aromatic N) is 1. The third kappa shape index (κ3) is 3.19. The summed E-state index contributed by atoms with van der Waals surface area (Å²) >= 11 is 0. The third-order valence-electron chi connectivity index (χ3n) is 5.20. The van der Waals surface area contributed by atoms with Gasteiger partial charge < -0.3 is 4.90 Å². The summed E-state index contributed by atoms with van der Waals surface area (Å²) in [5.41, 5.74) is 9.40. The molecule has 0 aromatic heterocycles. The largest absolute Gasteiger partial charge is 0.310 e. The fourth-order valence-corrected chi connectivity index (χ4v) is 3.92. The fourth-order valence-electron chi connectivity index (χ4n) is 3.92. The van der Waals surface area contributed by atoms with Gasteiger partial charge in [0.2, 0.25) is 0 Å². The highest BCUT2D eigenvalue weighted by Gasteiger charge is 2.17. The van der Waals surface area contributed by atoms with Crippen LogP contribution in [-0.4, -0.2) is 0 Å². The Hall–Kier alpha value is -2.54. The standard InChI is InChI=1S/C24H25N/c1-18-12-15-24(19(2)16-18)25(22-10-4-3-5-11-22)23-14-13-20-8-6-7-9-21(20)17-23/h3-5,10-17H,6-9H2,1-2H3. The van der Waals surface area contributed by atoms with Crippen LogP contribution in [0.3, 0.4) is 0 Å². The molecular formula is C24H25N. The van der Waals surface area contributed by atoms with E-state index in [0.29, 0.717) is 0 Å². The lowest BCUT2D eigenvalue weighted by molar-refractivity contribution is 0.685. The molecule has 0 saturated heterocycles. The van der Waals surface area contributed by atoms with Crippen molar-refractivity contribution in [1.82, 2.24) is 0 Å². The Morgan fingerprint density at radius 1 is 0.680 bits per heavy atom. The van der Waals surface area contributed by atoms with Crippen molar-refractivity contribution in [2.45, 2.75) is 39.5 Å². The summed E-state index contributed by atoms with van der Waals surface area (Å²) in [6.07, 6.45) is 5.07. The van der Waals surface area contributed by atoms with Crippen LogP contribution in [0.2, 0.25) is 0 Å². The van der Waals surface area contributed by atoms with Crippen molar-refractivity contribution < 1.29 is 0 Å². The van der Waals surface area contributed by atoms with Gasteiger partial charge in [0, 0.05) is 17.1 Å². The van der Waals surface area contributed by atoms with Crippen LogP contribution in [0.1, 0.15) is 35.1 Å². The zero-order valence-electron chi connectivity index (χ0n) is 15.1. The second-order valence-corrected chi connectivity index (χ2v) is 7.12. The average Bonchev–Trinajstić information content (AvgIpc) is 2.64. The maximum Gasteiger partial charge on any atom is 0.0490 e. The minimum absolute atomic E-state index is 1.21. The summed E-state index contributed by atoms with van der Waals surface area (Å²) in [6, 6.07) is 24.4. The van der Waals surface area contributed by atoms with Gasteiger partial charge in [0.15, 0.2) is 0 Å². The molecule has 4 rings (SSSR count). The van der Waals surface area contributed by atoms with Gasteiger partial charge in [-0.2, -0.15) is 0 Å². The smallest absolute Gasteiger partial charge is 0.0490 e. The minimum atomic E-state index is 1.21. The van der Waals surface area contributed by atoms with Gasteiger partial charge in [-0.15, -0.1) is 0 Å². The highest BCUT2D eigenvalue weighted by molar-refractivity contribution is 5.79. The van der Waals surface area contributed by atoms with Gasteiger partial charge in [-0.1, -0.05) is 42.0 Å². The van der Waals surface area contributed by atoms with Crippen molar-refractivity contribution >= 4 is 17.1 Å². The molecule has 0 saturated carbocycles. The summed E-state index contributed by atoms with van der Waals surface area (Å²) in [5, 5.41) is 0. The molecule has 0 amide bonds. The highest BCUT2D eigenvalue weighted by Crippen LogP contribution is 2.38. The molecule has 1 aliphatic rings. The van der Waals surface area contributed by atoms with E-state index in [0.717, 1.165) is 0 Å². The molecule has 3 aromatic carbocycles. The van der Waals surface area contributed by atoms with Gasteiger partial charge in [-0.3, -0.25) is 0 Å². The van der Waals surface area contributed by atoms with Crippen molar-refractivity contribution in [1.29, 1.82) is 0 Å². The summed E-state index contributed by atoms with van der Waals surface area (Å²) in [4.78, 5) is 2.39. The van der Waals surface area contributed by atoms with Crippen LogP contribution in [0.25, 0.3) is 0 Å². The molecule has 126 valence electrons.